The third-order valence-corrected chi connectivity index (χ3v) is 4.25. The Labute approximate surface area is 146 Å². The van der Waals surface area contributed by atoms with Gasteiger partial charge in [-0.1, -0.05) is 22.0 Å². The lowest BCUT2D eigenvalue weighted by atomic mass is 10.3. The summed E-state index contributed by atoms with van der Waals surface area (Å²) in [4.78, 5) is 11.9. The molecule has 2 aromatic rings. The number of benzene rings is 2. The van der Waals surface area contributed by atoms with Gasteiger partial charge in [0, 0.05) is 19.1 Å². The van der Waals surface area contributed by atoms with Gasteiger partial charge in [0.1, 0.15) is 5.82 Å². The fourth-order valence-corrected chi connectivity index (χ4v) is 4.19. The van der Waals surface area contributed by atoms with E-state index in [1.54, 1.807) is 12.1 Å². The number of hydrogen-bond acceptors (Lipinski definition) is 2. The quantitative estimate of drug-likeness (QED) is 0.634. The van der Waals surface area contributed by atoms with Gasteiger partial charge in [-0.2, -0.15) is 0 Å². The Kier molecular flexibility index (Phi) is 5.78. The second-order valence-corrected chi connectivity index (χ2v) is 6.78. The van der Waals surface area contributed by atoms with Gasteiger partial charge < -0.3 is 10.6 Å². The first-order valence-corrected chi connectivity index (χ1v) is 8.27. The minimum atomic E-state index is -0.390. The molecule has 0 fully saturated rings. The number of halogens is 4. The molecule has 0 saturated carbocycles. The lowest BCUT2D eigenvalue weighted by Crippen LogP contribution is -2.22. The molecule has 0 bridgehead atoms. The Balaban J connectivity index is 1.99. The van der Waals surface area contributed by atoms with Gasteiger partial charge in [0.2, 0.25) is 5.91 Å². The monoisotopic (exact) mass is 478 g/mol. The van der Waals surface area contributed by atoms with Crippen LogP contribution in [0.15, 0.2) is 49.8 Å². The third kappa shape index (κ3) is 4.79. The van der Waals surface area contributed by atoms with E-state index in [2.05, 4.69) is 58.4 Å². The van der Waals surface area contributed by atoms with Crippen LogP contribution in [0.3, 0.4) is 0 Å². The number of carbonyl (C=O) groups is 1. The van der Waals surface area contributed by atoms with Crippen LogP contribution in [0.4, 0.5) is 15.8 Å². The van der Waals surface area contributed by atoms with Crippen LogP contribution in [0, 0.1) is 5.82 Å². The standard InChI is InChI=1S/C14H10Br3FN2O/c15-8-4-11(16)14(12(17)5-8)19-7-13(21)20-10-3-1-2-9(18)6-10/h1-6,19H,7H2,(H,20,21). The second kappa shape index (κ2) is 7.38. The molecular weight excluding hydrogens is 471 g/mol. The molecule has 0 heterocycles. The molecule has 0 atom stereocenters. The summed E-state index contributed by atoms with van der Waals surface area (Å²) in [5.41, 5.74) is 1.20. The summed E-state index contributed by atoms with van der Waals surface area (Å²) in [7, 11) is 0. The van der Waals surface area contributed by atoms with Gasteiger partial charge >= 0.3 is 0 Å². The molecule has 0 unspecified atom stereocenters. The molecule has 0 radical (unpaired) electrons. The van der Waals surface area contributed by atoms with E-state index < -0.39 is 0 Å². The van der Waals surface area contributed by atoms with Crippen molar-refractivity contribution in [3.63, 3.8) is 0 Å². The number of carbonyl (C=O) groups excluding carboxylic acids is 1. The molecule has 2 aromatic carbocycles. The lowest BCUT2D eigenvalue weighted by molar-refractivity contribution is -0.114. The molecule has 0 aliphatic rings. The molecule has 3 nitrogen and oxygen atoms in total. The zero-order valence-corrected chi connectivity index (χ0v) is 15.3. The Morgan fingerprint density at radius 3 is 2.38 bits per heavy atom. The van der Waals surface area contributed by atoms with Crippen LogP contribution >= 0.6 is 47.8 Å². The number of hydrogen-bond donors (Lipinski definition) is 2. The van der Waals surface area contributed by atoms with E-state index in [4.69, 9.17) is 0 Å². The highest BCUT2D eigenvalue weighted by Gasteiger charge is 2.09. The van der Waals surface area contributed by atoms with Crippen molar-refractivity contribution in [2.45, 2.75) is 0 Å². The molecule has 110 valence electrons. The minimum Gasteiger partial charge on any atom is -0.374 e. The Morgan fingerprint density at radius 2 is 1.76 bits per heavy atom. The Hall–Kier alpha value is -0.920. The highest BCUT2D eigenvalue weighted by molar-refractivity contribution is 9.11. The fraction of sp³-hybridized carbons (Fsp3) is 0.0714. The average Bonchev–Trinajstić information content (AvgIpc) is 2.37. The van der Waals surface area contributed by atoms with Crippen LogP contribution in [0.5, 0.6) is 0 Å². The maximum Gasteiger partial charge on any atom is 0.243 e. The van der Waals surface area contributed by atoms with E-state index in [1.807, 2.05) is 12.1 Å². The SMILES string of the molecule is O=C(CNc1c(Br)cc(Br)cc1Br)Nc1cccc(F)c1. The molecular formula is C14H10Br3FN2O. The first-order valence-electron chi connectivity index (χ1n) is 5.89. The van der Waals surface area contributed by atoms with Crippen LogP contribution in [0.1, 0.15) is 0 Å². The van der Waals surface area contributed by atoms with Gasteiger partial charge in [0.05, 0.1) is 12.2 Å². The average molecular weight is 481 g/mol. The highest BCUT2D eigenvalue weighted by atomic mass is 79.9. The van der Waals surface area contributed by atoms with Crippen molar-refractivity contribution in [2.24, 2.45) is 0 Å². The van der Waals surface area contributed by atoms with Crippen molar-refractivity contribution in [3.05, 3.63) is 55.6 Å². The van der Waals surface area contributed by atoms with E-state index in [0.717, 1.165) is 19.1 Å². The van der Waals surface area contributed by atoms with Gasteiger partial charge in [-0.25, -0.2) is 4.39 Å². The summed E-state index contributed by atoms with van der Waals surface area (Å²) < 4.78 is 15.6. The Morgan fingerprint density at radius 1 is 1.10 bits per heavy atom. The van der Waals surface area contributed by atoms with Gasteiger partial charge in [-0.3, -0.25) is 4.79 Å². The summed E-state index contributed by atoms with van der Waals surface area (Å²) in [6.07, 6.45) is 0. The molecule has 0 spiro atoms. The maximum absolute atomic E-state index is 13.0. The minimum absolute atomic E-state index is 0.0648. The number of nitrogens with one attached hydrogen (secondary N) is 2. The molecule has 2 rings (SSSR count). The third-order valence-electron chi connectivity index (χ3n) is 2.54. The molecule has 0 aliphatic heterocycles. The van der Waals surface area contributed by atoms with Gasteiger partial charge in [-0.05, 0) is 62.2 Å². The van der Waals surface area contributed by atoms with E-state index in [0.29, 0.717) is 5.69 Å². The maximum atomic E-state index is 13.0. The molecule has 0 aromatic heterocycles. The largest absolute Gasteiger partial charge is 0.374 e. The number of anilines is 2. The summed E-state index contributed by atoms with van der Waals surface area (Å²) in [5.74, 6) is -0.651. The van der Waals surface area contributed by atoms with Crippen LogP contribution in [-0.4, -0.2) is 12.5 Å². The molecule has 1 amide bonds. The molecule has 7 heteroatoms. The zero-order chi connectivity index (χ0) is 15.4. The predicted molar refractivity (Wildman–Crippen MR) is 93.1 cm³/mol. The summed E-state index contributed by atoms with van der Waals surface area (Å²) in [6, 6.07) is 9.51. The van der Waals surface area contributed by atoms with Crippen molar-refractivity contribution >= 4 is 65.1 Å². The van der Waals surface area contributed by atoms with Crippen LogP contribution < -0.4 is 10.6 Å². The molecule has 2 N–H and O–H groups in total. The number of amides is 1. The van der Waals surface area contributed by atoms with Gasteiger partial charge in [-0.15, -0.1) is 0 Å². The fourth-order valence-electron chi connectivity index (χ4n) is 1.65. The summed E-state index contributed by atoms with van der Waals surface area (Å²) in [5, 5.41) is 5.64. The predicted octanol–water partition coefficient (Wildman–Crippen LogP) is 5.16. The smallest absolute Gasteiger partial charge is 0.243 e. The van der Waals surface area contributed by atoms with Crippen molar-refractivity contribution in [1.29, 1.82) is 0 Å². The normalized spacial score (nSPS) is 10.3. The first-order chi connectivity index (χ1) is 9.95. The lowest BCUT2D eigenvalue weighted by Gasteiger charge is -2.11. The van der Waals surface area contributed by atoms with Crippen LogP contribution in [0.2, 0.25) is 0 Å². The van der Waals surface area contributed by atoms with E-state index >= 15 is 0 Å². The van der Waals surface area contributed by atoms with Gasteiger partial charge in [0.15, 0.2) is 0 Å². The first kappa shape index (κ1) is 16.5. The topological polar surface area (TPSA) is 41.1 Å². The van der Waals surface area contributed by atoms with E-state index in [9.17, 15) is 9.18 Å². The van der Waals surface area contributed by atoms with Crippen molar-refractivity contribution in [3.8, 4) is 0 Å². The van der Waals surface area contributed by atoms with E-state index in [-0.39, 0.29) is 18.3 Å². The zero-order valence-electron chi connectivity index (χ0n) is 10.6. The summed E-state index contributed by atoms with van der Waals surface area (Å²) >= 11 is 10.2. The highest BCUT2D eigenvalue weighted by Crippen LogP contribution is 2.34. The second-order valence-electron chi connectivity index (χ2n) is 4.16. The molecule has 21 heavy (non-hydrogen) atoms. The Bertz CT molecular complexity index is 656. The molecule has 0 saturated heterocycles. The summed E-state index contributed by atoms with van der Waals surface area (Å²) in [6.45, 7) is 0.0648. The number of rotatable bonds is 4. The van der Waals surface area contributed by atoms with Crippen LogP contribution in [0.25, 0.3) is 0 Å². The van der Waals surface area contributed by atoms with Gasteiger partial charge in [0.25, 0.3) is 0 Å². The van der Waals surface area contributed by atoms with Crippen molar-refractivity contribution in [2.75, 3.05) is 17.2 Å². The van der Waals surface area contributed by atoms with E-state index in [1.165, 1.54) is 12.1 Å². The van der Waals surface area contributed by atoms with Crippen molar-refractivity contribution < 1.29 is 9.18 Å². The van der Waals surface area contributed by atoms with Crippen molar-refractivity contribution in [1.82, 2.24) is 0 Å². The molecule has 0 aliphatic carbocycles. The van der Waals surface area contributed by atoms with Crippen LogP contribution in [-0.2, 0) is 4.79 Å².